The quantitative estimate of drug-likeness (QED) is 0.165. The normalized spacial score (nSPS) is 13.4. The predicted octanol–water partition coefficient (Wildman–Crippen LogP) is 12.7. The van der Waals surface area contributed by atoms with Crippen molar-refractivity contribution in [1.29, 1.82) is 0 Å². The number of hydrogen-bond donors (Lipinski definition) is 0. The van der Waals surface area contributed by atoms with Crippen molar-refractivity contribution >= 4 is 21.5 Å². The first-order valence-corrected chi connectivity index (χ1v) is 18.6. The Morgan fingerprint density at radius 3 is 1.28 bits per heavy atom. The fourth-order valence-corrected chi connectivity index (χ4v) is 8.32. The summed E-state index contributed by atoms with van der Waals surface area (Å²) in [5.74, 6) is 0. The molecule has 0 saturated heterocycles. The molecule has 0 amide bonds. The van der Waals surface area contributed by atoms with Gasteiger partial charge in [-0.25, -0.2) is 0 Å². The van der Waals surface area contributed by atoms with E-state index in [9.17, 15) is 0 Å². The Labute approximate surface area is 333 Å². The van der Waals surface area contributed by atoms with Crippen LogP contribution in [-0.4, -0.2) is 9.97 Å². The third kappa shape index (κ3) is 5.75. The average Bonchev–Trinajstić information content (AvgIpc) is 3.47. The molecule has 0 saturated carbocycles. The molecule has 3 heteroatoms. The van der Waals surface area contributed by atoms with Gasteiger partial charge in [0.25, 0.3) is 0 Å². The summed E-state index contributed by atoms with van der Waals surface area (Å²) in [6, 6.07) is 56.8. The first-order valence-electron chi connectivity index (χ1n) is 18.6. The van der Waals surface area contributed by atoms with Crippen LogP contribution in [0.3, 0.4) is 0 Å². The van der Waals surface area contributed by atoms with E-state index in [2.05, 4.69) is 187 Å². The Kier molecular flexibility index (Phi) is 8.82. The van der Waals surface area contributed by atoms with Gasteiger partial charge in [0.1, 0.15) is 0 Å². The van der Waals surface area contributed by atoms with Crippen molar-refractivity contribution in [2.45, 2.75) is 57.8 Å². The molecule has 2 nitrogen and oxygen atoms in total. The number of hydrogen-bond acceptors (Lipinski definition) is 2. The monoisotopic (exact) mass is 877 g/mol. The third-order valence-electron chi connectivity index (χ3n) is 11.1. The molecule has 6 aromatic carbocycles. The molecule has 9 rings (SSSR count). The molecule has 0 spiro atoms. The molecule has 0 N–H and O–H groups in total. The Morgan fingerprint density at radius 1 is 0.463 bits per heavy atom. The van der Waals surface area contributed by atoms with Crippen molar-refractivity contribution in [3.8, 4) is 33.6 Å². The van der Waals surface area contributed by atoms with Crippen molar-refractivity contribution in [3.05, 3.63) is 191 Å². The van der Waals surface area contributed by atoms with Crippen LogP contribution in [0.25, 0.3) is 55.2 Å². The standard InChI is InChI=1S/C51H42N2.Pt/c1-49(2,3)35-23-25-52-47(31-35)43-29-37(27-33-15-7-9-17-39(33)43)51(45-21-13-11-19-41(45)42-20-12-14-22-46(42)51)38-28-34-16-8-10-18-40(34)44(30-38)48-32-36(24-26-53-48)50(4,5)6;/h7-28,31-32H,1-6H3;/q-2;+2. The van der Waals surface area contributed by atoms with Crippen LogP contribution in [0, 0.1) is 12.1 Å². The topological polar surface area (TPSA) is 25.8 Å². The minimum absolute atomic E-state index is 0. The van der Waals surface area contributed by atoms with E-state index in [0.717, 1.165) is 55.2 Å². The van der Waals surface area contributed by atoms with Crippen LogP contribution in [0.5, 0.6) is 0 Å². The average molecular weight is 878 g/mol. The molecule has 1 aliphatic rings. The fraction of sp³-hybridized carbons (Fsp3) is 0.176. The van der Waals surface area contributed by atoms with Crippen LogP contribution < -0.4 is 0 Å². The van der Waals surface area contributed by atoms with E-state index in [-0.39, 0.29) is 31.9 Å². The summed E-state index contributed by atoms with van der Waals surface area (Å²) < 4.78 is 0. The van der Waals surface area contributed by atoms with Gasteiger partial charge in [0.15, 0.2) is 0 Å². The van der Waals surface area contributed by atoms with E-state index in [4.69, 9.17) is 9.97 Å². The molecule has 2 heterocycles. The van der Waals surface area contributed by atoms with Gasteiger partial charge in [-0.3, -0.25) is 0 Å². The minimum Gasteiger partial charge on any atom is -0.305 e. The number of benzene rings is 6. The molecule has 0 aliphatic heterocycles. The van der Waals surface area contributed by atoms with Gasteiger partial charge in [-0.15, -0.1) is 57.3 Å². The molecule has 0 bridgehead atoms. The van der Waals surface area contributed by atoms with E-state index < -0.39 is 5.41 Å². The van der Waals surface area contributed by atoms with E-state index >= 15 is 0 Å². The van der Waals surface area contributed by atoms with Gasteiger partial charge in [0.05, 0.1) is 0 Å². The number of fused-ring (bicyclic) bond motifs is 5. The minimum atomic E-state index is -0.728. The van der Waals surface area contributed by atoms with E-state index in [1.54, 1.807) is 0 Å². The van der Waals surface area contributed by atoms with Gasteiger partial charge >= 0.3 is 21.1 Å². The van der Waals surface area contributed by atoms with Gasteiger partial charge in [-0.2, -0.15) is 0 Å². The summed E-state index contributed by atoms with van der Waals surface area (Å²) in [6.45, 7) is 13.5. The first kappa shape index (κ1) is 35.8. The van der Waals surface area contributed by atoms with Crippen molar-refractivity contribution in [2.24, 2.45) is 0 Å². The second-order valence-corrected chi connectivity index (χ2v) is 16.5. The molecule has 266 valence electrons. The SMILES string of the molecule is CC(C)(C)c1ccnc(-c2[c-]c(C3(c4[c-]c(-c5cc(C(C)(C)C)ccn5)c5ccccc5c4)c4ccccc4-c4ccccc43)cc3ccccc23)c1.[Pt+2]. The van der Waals surface area contributed by atoms with Gasteiger partial charge in [-0.05, 0) is 67.7 Å². The fourth-order valence-electron chi connectivity index (χ4n) is 8.32. The molecule has 54 heavy (non-hydrogen) atoms. The molecule has 1 aliphatic carbocycles. The van der Waals surface area contributed by atoms with Crippen LogP contribution in [0.15, 0.2) is 146 Å². The maximum atomic E-state index is 5.00. The zero-order chi connectivity index (χ0) is 36.5. The molecule has 0 radical (unpaired) electrons. The summed E-state index contributed by atoms with van der Waals surface area (Å²) >= 11 is 0. The molecule has 0 atom stereocenters. The summed E-state index contributed by atoms with van der Waals surface area (Å²) in [5, 5.41) is 4.58. The second-order valence-electron chi connectivity index (χ2n) is 16.5. The molecular weight excluding hydrogens is 836 g/mol. The molecule has 8 aromatic rings. The van der Waals surface area contributed by atoms with Crippen molar-refractivity contribution in [1.82, 2.24) is 9.97 Å². The first-order chi connectivity index (χ1) is 25.5. The van der Waals surface area contributed by atoms with E-state index in [1.807, 2.05) is 12.4 Å². The van der Waals surface area contributed by atoms with Crippen LogP contribution in [0.4, 0.5) is 0 Å². The molecule has 0 unspecified atom stereocenters. The molecular formula is C51H42N2Pt. The summed E-state index contributed by atoms with van der Waals surface area (Å²) in [7, 11) is 0. The zero-order valence-corrected chi connectivity index (χ0v) is 33.8. The Morgan fingerprint density at radius 2 is 0.852 bits per heavy atom. The number of rotatable bonds is 4. The maximum Gasteiger partial charge on any atom is 2.00 e. The van der Waals surface area contributed by atoms with E-state index in [1.165, 1.54) is 33.4 Å². The second kappa shape index (κ2) is 13.3. The van der Waals surface area contributed by atoms with Gasteiger partial charge in [0, 0.05) is 17.8 Å². The zero-order valence-electron chi connectivity index (χ0n) is 31.6. The Bertz CT molecular complexity index is 2520. The number of nitrogens with zero attached hydrogens (tertiary/aromatic N) is 2. The summed E-state index contributed by atoms with van der Waals surface area (Å²) in [5.41, 5.74) is 12.6. The predicted molar refractivity (Wildman–Crippen MR) is 220 cm³/mol. The Hall–Kier alpha value is -5.17. The van der Waals surface area contributed by atoms with Crippen molar-refractivity contribution in [2.75, 3.05) is 0 Å². The third-order valence-corrected chi connectivity index (χ3v) is 11.1. The number of aromatic nitrogens is 2. The van der Waals surface area contributed by atoms with Crippen LogP contribution >= 0.6 is 0 Å². The molecule has 0 fully saturated rings. The Balaban J connectivity index is 0.00000413. The summed E-state index contributed by atoms with van der Waals surface area (Å²) in [6.07, 6.45) is 3.90. The van der Waals surface area contributed by atoms with Crippen molar-refractivity contribution < 1.29 is 21.1 Å². The van der Waals surface area contributed by atoms with Crippen molar-refractivity contribution in [3.63, 3.8) is 0 Å². The number of pyridine rings is 2. The van der Waals surface area contributed by atoms with Gasteiger partial charge in [-0.1, -0.05) is 162 Å². The maximum absolute atomic E-state index is 5.00. The van der Waals surface area contributed by atoms with Gasteiger partial charge in [0.2, 0.25) is 0 Å². The summed E-state index contributed by atoms with van der Waals surface area (Å²) in [4.78, 5) is 10.0. The smallest absolute Gasteiger partial charge is 0.305 e. The van der Waals surface area contributed by atoms with Gasteiger partial charge < -0.3 is 9.97 Å². The van der Waals surface area contributed by atoms with Crippen LogP contribution in [0.1, 0.15) is 74.9 Å². The van der Waals surface area contributed by atoms with E-state index in [0.29, 0.717) is 0 Å². The van der Waals surface area contributed by atoms with Crippen LogP contribution in [-0.2, 0) is 37.3 Å². The largest absolute Gasteiger partial charge is 2.00 e. The molecule has 2 aromatic heterocycles. The van der Waals surface area contributed by atoms with Crippen LogP contribution in [0.2, 0.25) is 0 Å².